The molecule has 5 heteroatoms. The predicted octanol–water partition coefficient (Wildman–Crippen LogP) is 4.18. The van der Waals surface area contributed by atoms with Gasteiger partial charge in [-0.05, 0) is 43.5 Å². The van der Waals surface area contributed by atoms with Crippen molar-refractivity contribution < 1.29 is 24.5 Å². The summed E-state index contributed by atoms with van der Waals surface area (Å²) in [7, 11) is 0. The van der Waals surface area contributed by atoms with Gasteiger partial charge in [-0.3, -0.25) is 0 Å². The van der Waals surface area contributed by atoms with Crippen LogP contribution < -0.4 is 0 Å². The first-order chi connectivity index (χ1) is 13.2. The van der Waals surface area contributed by atoms with E-state index in [1.165, 1.54) is 24.3 Å². The van der Waals surface area contributed by atoms with E-state index in [0.29, 0.717) is 12.2 Å². The third-order valence-electron chi connectivity index (χ3n) is 3.60. The van der Waals surface area contributed by atoms with Crippen molar-refractivity contribution in [1.29, 1.82) is 0 Å². The second-order valence-corrected chi connectivity index (χ2v) is 6.00. The highest BCUT2D eigenvalue weighted by atomic mass is 16.6. The van der Waals surface area contributed by atoms with E-state index in [4.69, 9.17) is 9.47 Å². The Morgan fingerprint density at radius 3 is 2.37 bits per heavy atom. The first-order valence-corrected chi connectivity index (χ1v) is 9.34. The summed E-state index contributed by atoms with van der Waals surface area (Å²) in [6.45, 7) is 2.52. The normalized spacial score (nSPS) is 13.0. The van der Waals surface area contributed by atoms with E-state index in [9.17, 15) is 15.0 Å². The van der Waals surface area contributed by atoms with Gasteiger partial charge < -0.3 is 19.7 Å². The number of hydrogen-bond acceptors (Lipinski definition) is 5. The molecule has 1 atom stereocenters. The SMILES string of the molecule is CCC/C=C/C=C/C=C/CCCOC[C@H](CO)OC(=O)c1ccc(O)cc1. The van der Waals surface area contributed by atoms with Crippen molar-refractivity contribution >= 4 is 5.97 Å². The summed E-state index contributed by atoms with van der Waals surface area (Å²) < 4.78 is 10.7. The predicted molar refractivity (Wildman–Crippen MR) is 107 cm³/mol. The van der Waals surface area contributed by atoms with Gasteiger partial charge in [0.1, 0.15) is 11.9 Å². The first-order valence-electron chi connectivity index (χ1n) is 9.34. The van der Waals surface area contributed by atoms with E-state index in [1.807, 2.05) is 24.3 Å². The number of phenolic OH excluding ortho intramolecular Hbond substituents is 1. The topological polar surface area (TPSA) is 76.0 Å². The van der Waals surface area contributed by atoms with Gasteiger partial charge in [-0.2, -0.15) is 0 Å². The lowest BCUT2D eigenvalue weighted by Gasteiger charge is -2.15. The fraction of sp³-hybridized carbons (Fsp3) is 0.409. The quantitative estimate of drug-likeness (QED) is 0.308. The zero-order valence-electron chi connectivity index (χ0n) is 15.9. The average molecular weight is 374 g/mol. The molecule has 148 valence electrons. The summed E-state index contributed by atoms with van der Waals surface area (Å²) in [4.78, 5) is 12.0. The Kier molecular flexibility index (Phi) is 12.4. The summed E-state index contributed by atoms with van der Waals surface area (Å²) in [6, 6.07) is 5.75. The van der Waals surface area contributed by atoms with E-state index >= 15 is 0 Å². The summed E-state index contributed by atoms with van der Waals surface area (Å²) in [5, 5.41) is 18.5. The van der Waals surface area contributed by atoms with Crippen molar-refractivity contribution in [3.63, 3.8) is 0 Å². The Labute approximate surface area is 161 Å². The molecule has 0 saturated heterocycles. The Bertz CT molecular complexity index is 602. The molecule has 1 aromatic rings. The largest absolute Gasteiger partial charge is 0.508 e. The molecule has 0 fully saturated rings. The Morgan fingerprint density at radius 2 is 1.74 bits per heavy atom. The molecule has 2 N–H and O–H groups in total. The maximum absolute atomic E-state index is 12.0. The van der Waals surface area contributed by atoms with Crippen LogP contribution in [0.25, 0.3) is 0 Å². The van der Waals surface area contributed by atoms with Gasteiger partial charge in [0.05, 0.1) is 18.8 Å². The average Bonchev–Trinajstić information content (AvgIpc) is 2.68. The van der Waals surface area contributed by atoms with Gasteiger partial charge in [-0.15, -0.1) is 0 Å². The van der Waals surface area contributed by atoms with Crippen molar-refractivity contribution in [3.8, 4) is 5.75 Å². The number of rotatable bonds is 13. The number of benzene rings is 1. The second-order valence-electron chi connectivity index (χ2n) is 6.00. The molecule has 27 heavy (non-hydrogen) atoms. The van der Waals surface area contributed by atoms with E-state index in [-0.39, 0.29) is 19.0 Å². The van der Waals surface area contributed by atoms with Crippen LogP contribution in [0.15, 0.2) is 60.7 Å². The first kappa shape index (κ1) is 22.7. The van der Waals surface area contributed by atoms with E-state index in [1.54, 1.807) is 0 Å². The van der Waals surface area contributed by atoms with Crippen molar-refractivity contribution in [1.82, 2.24) is 0 Å². The van der Waals surface area contributed by atoms with Gasteiger partial charge in [0.25, 0.3) is 0 Å². The number of carbonyl (C=O) groups excluding carboxylic acids is 1. The van der Waals surface area contributed by atoms with Gasteiger partial charge in [0.15, 0.2) is 0 Å². The number of esters is 1. The summed E-state index contributed by atoms with van der Waals surface area (Å²) in [6.07, 6.45) is 15.6. The molecule has 0 saturated carbocycles. The number of ether oxygens (including phenoxy) is 2. The molecule has 0 spiro atoms. The van der Waals surface area contributed by atoms with Crippen LogP contribution >= 0.6 is 0 Å². The fourth-order valence-corrected chi connectivity index (χ4v) is 2.10. The molecule has 0 bridgehead atoms. The molecule has 0 unspecified atom stereocenters. The van der Waals surface area contributed by atoms with Crippen LogP contribution in [0.4, 0.5) is 0 Å². The Balaban J connectivity index is 2.16. The molecule has 0 amide bonds. The van der Waals surface area contributed by atoms with Gasteiger partial charge in [0, 0.05) is 6.61 Å². The second kappa shape index (κ2) is 14.8. The smallest absolute Gasteiger partial charge is 0.338 e. The maximum atomic E-state index is 12.0. The number of aromatic hydroxyl groups is 1. The zero-order valence-corrected chi connectivity index (χ0v) is 15.9. The van der Waals surface area contributed by atoms with Gasteiger partial charge >= 0.3 is 5.97 Å². The highest BCUT2D eigenvalue weighted by Crippen LogP contribution is 2.11. The van der Waals surface area contributed by atoms with Crippen LogP contribution in [-0.2, 0) is 9.47 Å². The van der Waals surface area contributed by atoms with E-state index in [0.717, 1.165) is 25.7 Å². The summed E-state index contributed by atoms with van der Waals surface area (Å²) in [5.74, 6) is -0.480. The fourth-order valence-electron chi connectivity index (χ4n) is 2.10. The van der Waals surface area contributed by atoms with Crippen molar-refractivity contribution in [3.05, 3.63) is 66.3 Å². The summed E-state index contributed by atoms with van der Waals surface area (Å²) >= 11 is 0. The molecular weight excluding hydrogens is 344 g/mol. The summed E-state index contributed by atoms with van der Waals surface area (Å²) in [5.41, 5.74) is 0.314. The maximum Gasteiger partial charge on any atom is 0.338 e. The van der Waals surface area contributed by atoms with Crippen molar-refractivity contribution in [2.24, 2.45) is 0 Å². The van der Waals surface area contributed by atoms with Crippen LogP contribution in [-0.4, -0.2) is 42.1 Å². The number of aliphatic hydroxyl groups excluding tert-OH is 1. The van der Waals surface area contributed by atoms with Gasteiger partial charge in [-0.25, -0.2) is 4.79 Å². The van der Waals surface area contributed by atoms with Gasteiger partial charge in [0.2, 0.25) is 0 Å². The van der Waals surface area contributed by atoms with Crippen LogP contribution in [0.2, 0.25) is 0 Å². The monoisotopic (exact) mass is 374 g/mol. The molecular formula is C22H30O5. The van der Waals surface area contributed by atoms with Crippen LogP contribution in [0, 0.1) is 0 Å². The van der Waals surface area contributed by atoms with Crippen molar-refractivity contribution in [2.75, 3.05) is 19.8 Å². The Morgan fingerprint density at radius 1 is 1.07 bits per heavy atom. The highest BCUT2D eigenvalue weighted by Gasteiger charge is 2.15. The minimum atomic E-state index is -0.709. The standard InChI is InChI=1S/C22H30O5/c1-2-3-4-5-6-7-8-9-10-11-16-26-18-21(17-23)27-22(25)19-12-14-20(24)15-13-19/h4-9,12-15,21,23-24H,2-3,10-11,16-18H2,1H3/b5-4+,7-6+,9-8+/t21-/m0/s1. The van der Waals surface area contributed by atoms with Gasteiger partial charge in [-0.1, -0.05) is 49.8 Å². The number of carbonyl (C=O) groups is 1. The molecule has 5 nitrogen and oxygen atoms in total. The van der Waals surface area contributed by atoms with Crippen LogP contribution in [0.1, 0.15) is 43.0 Å². The molecule has 0 aliphatic rings. The minimum Gasteiger partial charge on any atom is -0.508 e. The molecule has 0 aliphatic carbocycles. The van der Waals surface area contributed by atoms with Crippen LogP contribution in [0.3, 0.4) is 0 Å². The number of aliphatic hydroxyl groups is 1. The molecule has 0 radical (unpaired) electrons. The third kappa shape index (κ3) is 11.1. The zero-order chi connectivity index (χ0) is 19.7. The molecule has 0 heterocycles. The highest BCUT2D eigenvalue weighted by molar-refractivity contribution is 5.89. The lowest BCUT2D eigenvalue weighted by molar-refractivity contribution is -0.0240. The number of phenols is 1. The minimum absolute atomic E-state index is 0.0751. The van der Waals surface area contributed by atoms with E-state index in [2.05, 4.69) is 19.1 Å². The van der Waals surface area contributed by atoms with Crippen LogP contribution in [0.5, 0.6) is 5.75 Å². The molecule has 1 rings (SSSR count). The number of hydrogen-bond donors (Lipinski definition) is 2. The molecule has 0 aliphatic heterocycles. The lowest BCUT2D eigenvalue weighted by Crippen LogP contribution is -2.27. The third-order valence-corrected chi connectivity index (χ3v) is 3.60. The number of allylic oxidation sites excluding steroid dienone is 6. The molecule has 1 aromatic carbocycles. The number of unbranched alkanes of at least 4 members (excludes halogenated alkanes) is 2. The Hall–Kier alpha value is -2.37. The van der Waals surface area contributed by atoms with E-state index < -0.39 is 12.1 Å². The molecule has 0 aromatic heterocycles. The van der Waals surface area contributed by atoms with Crippen molar-refractivity contribution in [2.45, 2.75) is 38.7 Å². The lowest BCUT2D eigenvalue weighted by atomic mass is 10.2.